The Morgan fingerprint density at radius 1 is 1.43 bits per heavy atom. The van der Waals surface area contributed by atoms with Gasteiger partial charge in [-0.2, -0.15) is 0 Å². The van der Waals surface area contributed by atoms with E-state index in [1.807, 2.05) is 19.1 Å². The highest BCUT2D eigenvalue weighted by atomic mass is 32.2. The first-order chi connectivity index (χ1) is 11.0. The highest BCUT2D eigenvalue weighted by molar-refractivity contribution is 8.03. The lowest BCUT2D eigenvalue weighted by Crippen LogP contribution is -2.34. The average molecular weight is 334 g/mol. The monoisotopic (exact) mass is 334 g/mol. The van der Waals surface area contributed by atoms with Crippen LogP contribution in [-0.2, 0) is 14.5 Å². The first-order valence-electron chi connectivity index (χ1n) is 6.91. The fourth-order valence-electron chi connectivity index (χ4n) is 2.24. The molecule has 0 aliphatic carbocycles. The van der Waals surface area contributed by atoms with Crippen LogP contribution in [0.25, 0.3) is 5.70 Å². The number of rotatable bonds is 3. The van der Waals surface area contributed by atoms with E-state index >= 15 is 0 Å². The van der Waals surface area contributed by atoms with E-state index in [0.29, 0.717) is 5.56 Å². The van der Waals surface area contributed by atoms with E-state index in [4.69, 9.17) is 4.74 Å². The number of thioether (sulfide) groups is 1. The second-order valence-corrected chi connectivity index (χ2v) is 6.02. The predicted molar refractivity (Wildman–Crippen MR) is 83.4 cm³/mol. The van der Waals surface area contributed by atoms with Gasteiger partial charge in [0.05, 0.1) is 6.61 Å². The van der Waals surface area contributed by atoms with E-state index in [1.165, 1.54) is 5.41 Å². The number of benzene rings is 1. The number of carbonyl (C=O) groups excluding carboxylic acids is 1. The van der Waals surface area contributed by atoms with Crippen LogP contribution < -0.4 is 5.76 Å². The summed E-state index contributed by atoms with van der Waals surface area (Å²) >= 11 is 0.953. The van der Waals surface area contributed by atoms with Crippen LogP contribution in [0.2, 0.25) is 0 Å². The molecule has 1 aromatic heterocycles. The largest absolute Gasteiger partial charge is 0.461 e. The third-order valence-corrected chi connectivity index (χ3v) is 4.52. The number of aliphatic hydroxyl groups is 1. The smallest absolute Gasteiger partial charge is 0.446 e. The Labute approximate surface area is 135 Å². The van der Waals surface area contributed by atoms with Crippen molar-refractivity contribution in [2.45, 2.75) is 18.8 Å². The SMILES string of the molecule is CCOC(=O)C1=CSC(O)(c2ccc(C)cc2)c2noc(=O)n21. The van der Waals surface area contributed by atoms with Crippen molar-refractivity contribution in [1.29, 1.82) is 0 Å². The van der Waals surface area contributed by atoms with Crippen molar-refractivity contribution in [2.75, 3.05) is 6.61 Å². The number of hydrogen-bond donors (Lipinski definition) is 1. The molecule has 1 unspecified atom stereocenters. The molecular weight excluding hydrogens is 320 g/mol. The quantitative estimate of drug-likeness (QED) is 0.849. The number of carbonyl (C=O) groups is 1. The van der Waals surface area contributed by atoms with Gasteiger partial charge in [-0.25, -0.2) is 14.2 Å². The summed E-state index contributed by atoms with van der Waals surface area (Å²) in [5.41, 5.74) is 1.52. The summed E-state index contributed by atoms with van der Waals surface area (Å²) < 4.78 is 10.5. The van der Waals surface area contributed by atoms with Gasteiger partial charge in [0.25, 0.3) is 0 Å². The Morgan fingerprint density at radius 3 is 2.78 bits per heavy atom. The maximum absolute atomic E-state index is 12.0. The van der Waals surface area contributed by atoms with Crippen LogP contribution in [0, 0.1) is 6.92 Å². The van der Waals surface area contributed by atoms with E-state index in [1.54, 1.807) is 19.1 Å². The van der Waals surface area contributed by atoms with Gasteiger partial charge < -0.3 is 9.84 Å². The highest BCUT2D eigenvalue weighted by Crippen LogP contribution is 2.44. The Bertz CT molecular complexity index is 836. The van der Waals surface area contributed by atoms with E-state index < -0.39 is 16.7 Å². The maximum atomic E-state index is 12.0. The number of nitrogens with zero attached hydrogens (tertiary/aromatic N) is 2. The normalized spacial score (nSPS) is 19.9. The molecule has 0 radical (unpaired) electrons. The summed E-state index contributed by atoms with van der Waals surface area (Å²) in [4.78, 5) is 22.3. The first-order valence-corrected chi connectivity index (χ1v) is 7.79. The van der Waals surface area contributed by atoms with E-state index in [9.17, 15) is 14.7 Å². The Hall–Kier alpha value is -2.32. The molecule has 0 fully saturated rings. The van der Waals surface area contributed by atoms with Crippen LogP contribution in [0.1, 0.15) is 23.9 Å². The van der Waals surface area contributed by atoms with Crippen LogP contribution in [0.15, 0.2) is 39.0 Å². The zero-order valence-electron chi connectivity index (χ0n) is 12.5. The molecule has 1 atom stereocenters. The zero-order chi connectivity index (χ0) is 16.6. The van der Waals surface area contributed by atoms with Crippen LogP contribution in [0.3, 0.4) is 0 Å². The fraction of sp³-hybridized carbons (Fsp3) is 0.267. The lowest BCUT2D eigenvalue weighted by molar-refractivity contribution is -0.136. The first kappa shape index (κ1) is 15.6. The molecule has 120 valence electrons. The molecule has 2 heterocycles. The third kappa shape index (κ3) is 2.49. The Morgan fingerprint density at radius 2 is 2.13 bits per heavy atom. The van der Waals surface area contributed by atoms with Crippen LogP contribution in [0.5, 0.6) is 0 Å². The van der Waals surface area contributed by atoms with Crippen molar-refractivity contribution in [2.24, 2.45) is 0 Å². The van der Waals surface area contributed by atoms with E-state index in [0.717, 1.165) is 21.9 Å². The van der Waals surface area contributed by atoms with Crippen LogP contribution >= 0.6 is 11.8 Å². The van der Waals surface area contributed by atoms with Crippen molar-refractivity contribution in [1.82, 2.24) is 9.72 Å². The lowest BCUT2D eigenvalue weighted by Gasteiger charge is -2.29. The minimum Gasteiger partial charge on any atom is -0.461 e. The summed E-state index contributed by atoms with van der Waals surface area (Å²) in [5, 5.41) is 16.0. The van der Waals surface area contributed by atoms with Gasteiger partial charge in [0.1, 0.15) is 5.70 Å². The van der Waals surface area contributed by atoms with Gasteiger partial charge in [-0.15, -0.1) is 0 Å². The number of hydrogen-bond acceptors (Lipinski definition) is 7. The molecule has 1 N–H and O–H groups in total. The Kier molecular flexibility index (Phi) is 3.87. The van der Waals surface area contributed by atoms with Crippen LogP contribution in [0.4, 0.5) is 0 Å². The highest BCUT2D eigenvalue weighted by Gasteiger charge is 2.43. The molecule has 1 aromatic carbocycles. The number of ether oxygens (including phenoxy) is 1. The van der Waals surface area contributed by atoms with Crippen LogP contribution in [-0.4, -0.2) is 27.4 Å². The van der Waals surface area contributed by atoms with Gasteiger partial charge in [-0.1, -0.05) is 46.7 Å². The predicted octanol–water partition coefficient (Wildman–Crippen LogP) is 1.45. The topological polar surface area (TPSA) is 94.6 Å². The molecule has 3 rings (SSSR count). The van der Waals surface area contributed by atoms with Crippen molar-refractivity contribution in [3.63, 3.8) is 0 Å². The van der Waals surface area contributed by atoms with E-state index in [-0.39, 0.29) is 18.1 Å². The molecule has 0 spiro atoms. The summed E-state index contributed by atoms with van der Waals surface area (Å²) in [5.74, 6) is -1.61. The summed E-state index contributed by atoms with van der Waals surface area (Å²) in [7, 11) is 0. The van der Waals surface area contributed by atoms with E-state index in [2.05, 4.69) is 9.68 Å². The third-order valence-electron chi connectivity index (χ3n) is 3.42. The molecule has 0 saturated carbocycles. The van der Waals surface area contributed by atoms with Crippen molar-refractivity contribution in [3.05, 3.63) is 57.2 Å². The summed E-state index contributed by atoms with van der Waals surface area (Å²) in [6.07, 6.45) is 0. The molecule has 2 aromatic rings. The summed E-state index contributed by atoms with van der Waals surface area (Å²) in [6, 6.07) is 7.13. The van der Waals surface area contributed by atoms with Gasteiger partial charge in [0.2, 0.25) is 10.8 Å². The van der Waals surface area contributed by atoms with Gasteiger partial charge in [0.15, 0.2) is 0 Å². The summed E-state index contributed by atoms with van der Waals surface area (Å²) in [6.45, 7) is 3.75. The number of aromatic nitrogens is 2. The number of aryl methyl sites for hydroxylation is 1. The minimum atomic E-state index is -1.63. The second-order valence-electron chi connectivity index (χ2n) is 4.96. The molecule has 1 aliphatic heterocycles. The zero-order valence-corrected chi connectivity index (χ0v) is 13.3. The second kappa shape index (κ2) is 5.71. The van der Waals surface area contributed by atoms with Gasteiger partial charge in [-0.05, 0) is 13.8 Å². The van der Waals surface area contributed by atoms with Crippen molar-refractivity contribution in [3.8, 4) is 0 Å². The lowest BCUT2D eigenvalue weighted by atomic mass is 10.1. The molecule has 1 aliphatic rings. The van der Waals surface area contributed by atoms with Crippen molar-refractivity contribution < 1.29 is 19.2 Å². The molecule has 8 heteroatoms. The average Bonchev–Trinajstić information content (AvgIpc) is 2.92. The van der Waals surface area contributed by atoms with Crippen molar-refractivity contribution >= 4 is 23.4 Å². The Balaban J connectivity index is 2.13. The maximum Gasteiger partial charge on any atom is 0.446 e. The minimum absolute atomic E-state index is 0.0325. The molecule has 0 saturated heterocycles. The van der Waals surface area contributed by atoms with Gasteiger partial charge in [0, 0.05) is 11.0 Å². The standard InChI is InChI=1S/C15H14N2O5S/c1-3-21-12(18)11-8-23-15(20,10-6-4-9(2)5-7-10)13-16-22-14(19)17(11)13/h4-8,20H,3H2,1-2H3. The van der Waals surface area contributed by atoms with Gasteiger partial charge in [-0.3, -0.25) is 4.52 Å². The molecule has 23 heavy (non-hydrogen) atoms. The number of fused-ring (bicyclic) bond motifs is 1. The molecule has 7 nitrogen and oxygen atoms in total. The van der Waals surface area contributed by atoms with Gasteiger partial charge >= 0.3 is 11.7 Å². The number of esters is 1. The molecule has 0 amide bonds. The molecular formula is C15H14N2O5S. The fourth-order valence-corrected chi connectivity index (χ4v) is 3.23. The molecule has 0 bridgehead atoms.